The summed E-state index contributed by atoms with van der Waals surface area (Å²) in [6.07, 6.45) is 3.77. The van der Waals surface area contributed by atoms with Gasteiger partial charge in [0.05, 0.1) is 33.4 Å². The van der Waals surface area contributed by atoms with Crippen LogP contribution in [0.3, 0.4) is 0 Å². The Morgan fingerprint density at radius 1 is 0.333 bits per heavy atom. The van der Waals surface area contributed by atoms with Crippen molar-refractivity contribution in [2.45, 2.75) is 9.79 Å². The van der Waals surface area contributed by atoms with Gasteiger partial charge in [0.15, 0.2) is 0 Å². The van der Waals surface area contributed by atoms with E-state index in [1.165, 1.54) is 103 Å². The van der Waals surface area contributed by atoms with Crippen LogP contribution >= 0.6 is 11.8 Å². The molecule has 0 unspecified atom stereocenters. The highest BCUT2D eigenvalue weighted by atomic mass is 32.2. The number of aromatic nitrogens is 3. The third-order valence-electron chi connectivity index (χ3n) is 13.5. The lowest BCUT2D eigenvalue weighted by atomic mass is 10.0. The van der Waals surface area contributed by atoms with Crippen molar-refractivity contribution in [1.29, 1.82) is 0 Å². The summed E-state index contributed by atoms with van der Waals surface area (Å²) in [7, 11) is 0. The molecule has 0 spiro atoms. The zero-order valence-corrected chi connectivity index (χ0v) is 36.5. The second-order valence-electron chi connectivity index (χ2n) is 17.2. The van der Waals surface area contributed by atoms with Gasteiger partial charge < -0.3 is 14.0 Å². The lowest BCUT2D eigenvalue weighted by Gasteiger charge is -2.33. The van der Waals surface area contributed by atoms with Gasteiger partial charge in [-0.1, -0.05) is 127 Å². The molecule has 1 aliphatic rings. The van der Waals surface area contributed by atoms with E-state index in [9.17, 15) is 0 Å². The molecule has 0 atom stereocenters. The minimum atomic E-state index is 1.11. The largest absolute Gasteiger partial charge is 0.309 e. The topological polar surface area (TPSA) is 26.0 Å². The molecule has 0 fully saturated rings. The normalized spacial score (nSPS) is 12.5. The molecule has 308 valence electrons. The van der Waals surface area contributed by atoms with E-state index in [0.717, 1.165) is 22.5 Å². The lowest BCUT2D eigenvalue weighted by molar-refractivity contribution is 1.17. The van der Waals surface area contributed by atoms with Crippen LogP contribution in [0.25, 0.3) is 98.8 Å². The van der Waals surface area contributed by atoms with E-state index in [0.29, 0.717) is 0 Å². The molecule has 10 aromatic carbocycles. The number of hydrogen-bond donors (Lipinski definition) is 0. The number of para-hydroxylation sites is 4. The molecular formula is C61H38N4S. The smallest absolute Gasteiger partial charge is 0.0619 e. The van der Waals surface area contributed by atoms with E-state index in [-0.39, 0.29) is 0 Å². The SMILES string of the molecule is c1ccc(N2c3ccc(-c4cccnc4)cc3Sc3cc(-c4ccc5c(c4)c4ccccc4n5-c4ccc5cc6c(ccc7c8ccccc8n(-c8ccccc8)c67)cc5c4)ccc32)cc1. The maximum atomic E-state index is 4.40. The first-order valence-electron chi connectivity index (χ1n) is 22.4. The molecule has 3 aromatic heterocycles. The second-order valence-corrected chi connectivity index (χ2v) is 18.3. The average Bonchev–Trinajstić information content (AvgIpc) is 3.90. The van der Waals surface area contributed by atoms with Crippen molar-refractivity contribution in [2.24, 2.45) is 0 Å². The summed E-state index contributed by atoms with van der Waals surface area (Å²) >= 11 is 1.84. The van der Waals surface area contributed by atoms with Crippen LogP contribution in [0, 0.1) is 0 Å². The minimum Gasteiger partial charge on any atom is -0.309 e. The molecule has 5 heteroatoms. The maximum Gasteiger partial charge on any atom is 0.0619 e. The fraction of sp³-hybridized carbons (Fsp3) is 0. The van der Waals surface area contributed by atoms with Gasteiger partial charge in [0.2, 0.25) is 0 Å². The van der Waals surface area contributed by atoms with E-state index in [2.05, 4.69) is 231 Å². The van der Waals surface area contributed by atoms with E-state index in [1.54, 1.807) is 0 Å². The van der Waals surface area contributed by atoms with Crippen molar-refractivity contribution >= 4 is 94.0 Å². The van der Waals surface area contributed by atoms with Crippen LogP contribution < -0.4 is 4.90 Å². The Balaban J connectivity index is 0.882. The molecule has 1 aliphatic heterocycles. The Hall–Kier alpha value is -8.38. The minimum absolute atomic E-state index is 1.11. The zero-order chi connectivity index (χ0) is 43.3. The summed E-state index contributed by atoms with van der Waals surface area (Å²) in [5, 5.41) is 9.93. The van der Waals surface area contributed by atoms with E-state index < -0.39 is 0 Å². The standard InChI is InChI=1S/C61H38N4S/c1-3-13-46(14-4-1)63-57-29-24-41(36-59(57)66-60-37-42(25-30-58(60)63)44-12-11-31-62-38-44)39-23-28-56-53(35-39)50-18-8-9-19-54(50)64(56)48-26-21-40-34-52-43(32-45(40)33-48)22-27-51-49-17-7-10-20-55(49)65(61(51)52)47-15-5-2-6-16-47/h1-38H. The number of hydrogen-bond acceptors (Lipinski definition) is 3. The molecule has 0 bridgehead atoms. The summed E-state index contributed by atoms with van der Waals surface area (Å²) in [4.78, 5) is 9.24. The van der Waals surface area contributed by atoms with Crippen LogP contribution in [0.2, 0.25) is 0 Å². The molecule has 13 aromatic rings. The Bertz CT molecular complexity index is 4080. The molecule has 0 amide bonds. The van der Waals surface area contributed by atoms with E-state index in [1.807, 2.05) is 30.2 Å². The monoisotopic (exact) mass is 858 g/mol. The number of rotatable bonds is 5. The van der Waals surface area contributed by atoms with Crippen molar-refractivity contribution in [3.8, 4) is 33.6 Å². The molecule has 0 aliphatic carbocycles. The number of benzene rings is 10. The van der Waals surface area contributed by atoms with Gasteiger partial charge in [0.1, 0.15) is 0 Å². The Labute approximate surface area is 385 Å². The summed E-state index contributed by atoms with van der Waals surface area (Å²) in [6, 6.07) is 80.2. The molecule has 0 radical (unpaired) electrons. The van der Waals surface area contributed by atoms with Crippen LogP contribution in [0.5, 0.6) is 0 Å². The van der Waals surface area contributed by atoms with Crippen molar-refractivity contribution in [1.82, 2.24) is 14.1 Å². The molecule has 0 saturated carbocycles. The Morgan fingerprint density at radius 2 is 0.955 bits per heavy atom. The van der Waals surface area contributed by atoms with Gasteiger partial charge in [0, 0.05) is 71.7 Å². The van der Waals surface area contributed by atoms with Crippen molar-refractivity contribution in [2.75, 3.05) is 4.90 Å². The van der Waals surface area contributed by atoms with Crippen LogP contribution in [-0.2, 0) is 0 Å². The summed E-state index contributed by atoms with van der Waals surface area (Å²) in [5.74, 6) is 0. The molecule has 4 nitrogen and oxygen atoms in total. The summed E-state index contributed by atoms with van der Waals surface area (Å²) in [6.45, 7) is 0. The number of anilines is 3. The number of pyridine rings is 1. The average molecular weight is 859 g/mol. The van der Waals surface area contributed by atoms with Gasteiger partial charge in [-0.25, -0.2) is 0 Å². The van der Waals surface area contributed by atoms with E-state index in [4.69, 9.17) is 0 Å². The summed E-state index contributed by atoms with van der Waals surface area (Å²) in [5.41, 5.74) is 15.3. The van der Waals surface area contributed by atoms with Gasteiger partial charge in [-0.05, 0) is 136 Å². The highest BCUT2D eigenvalue weighted by Gasteiger charge is 2.26. The molecule has 14 rings (SSSR count). The van der Waals surface area contributed by atoms with Crippen LogP contribution in [-0.4, -0.2) is 14.1 Å². The lowest BCUT2D eigenvalue weighted by Crippen LogP contribution is -2.14. The van der Waals surface area contributed by atoms with Crippen molar-refractivity contribution in [3.05, 3.63) is 231 Å². The molecule has 0 saturated heterocycles. The van der Waals surface area contributed by atoms with Crippen molar-refractivity contribution in [3.63, 3.8) is 0 Å². The van der Waals surface area contributed by atoms with E-state index >= 15 is 0 Å². The predicted octanol–water partition coefficient (Wildman–Crippen LogP) is 16.9. The molecule has 66 heavy (non-hydrogen) atoms. The van der Waals surface area contributed by atoms with Gasteiger partial charge in [0.25, 0.3) is 0 Å². The maximum absolute atomic E-state index is 4.40. The molecule has 4 heterocycles. The predicted molar refractivity (Wildman–Crippen MR) is 278 cm³/mol. The van der Waals surface area contributed by atoms with Crippen molar-refractivity contribution < 1.29 is 0 Å². The third kappa shape index (κ3) is 5.70. The Morgan fingerprint density at radius 3 is 1.70 bits per heavy atom. The third-order valence-corrected chi connectivity index (χ3v) is 14.6. The molecule has 0 N–H and O–H groups in total. The van der Waals surface area contributed by atoms with Crippen LogP contribution in [0.4, 0.5) is 17.1 Å². The zero-order valence-electron chi connectivity index (χ0n) is 35.6. The quantitative estimate of drug-likeness (QED) is 0.161. The number of fused-ring (bicyclic) bond motifs is 11. The van der Waals surface area contributed by atoms with Gasteiger partial charge in [-0.15, -0.1) is 0 Å². The first-order valence-corrected chi connectivity index (χ1v) is 23.2. The van der Waals surface area contributed by atoms with Crippen LogP contribution in [0.15, 0.2) is 241 Å². The fourth-order valence-electron chi connectivity index (χ4n) is 10.5. The first kappa shape index (κ1) is 37.0. The number of nitrogens with zero attached hydrogens (tertiary/aromatic N) is 4. The first-order chi connectivity index (χ1) is 32.7. The Kier molecular flexibility index (Phi) is 8.18. The van der Waals surface area contributed by atoms with Gasteiger partial charge >= 0.3 is 0 Å². The van der Waals surface area contributed by atoms with Gasteiger partial charge in [-0.2, -0.15) is 0 Å². The second kappa shape index (κ2) is 14.6. The van der Waals surface area contributed by atoms with Gasteiger partial charge in [-0.3, -0.25) is 4.98 Å². The van der Waals surface area contributed by atoms with Crippen LogP contribution in [0.1, 0.15) is 0 Å². The highest BCUT2D eigenvalue weighted by Crippen LogP contribution is 2.53. The molecular weight excluding hydrogens is 821 g/mol. The summed E-state index contributed by atoms with van der Waals surface area (Å²) < 4.78 is 4.87. The fourth-order valence-corrected chi connectivity index (χ4v) is 11.6. The highest BCUT2D eigenvalue weighted by molar-refractivity contribution is 7.99.